The molecule has 48 heavy (non-hydrogen) atoms. The molecule has 0 atom stereocenters. The average molecular weight is 623 g/mol. The number of nitrogens with two attached hydrogens (primary N) is 1. The summed E-state index contributed by atoms with van der Waals surface area (Å²) in [6.45, 7) is 3.90. The third kappa shape index (κ3) is 5.37. The van der Waals surface area contributed by atoms with E-state index in [0.717, 1.165) is 90.3 Å². The molecule has 0 unspecified atom stereocenters. The van der Waals surface area contributed by atoms with Crippen molar-refractivity contribution in [2.24, 2.45) is 10.7 Å². The van der Waals surface area contributed by atoms with Gasteiger partial charge in [-0.15, -0.1) is 0 Å². The minimum Gasteiger partial charge on any atom is -0.456 e. The van der Waals surface area contributed by atoms with Crippen LogP contribution in [0.1, 0.15) is 40.7 Å². The minimum absolute atomic E-state index is 0.679. The normalized spacial score (nSPS) is 14.1. The third-order valence-corrected chi connectivity index (χ3v) is 9.17. The number of hydrogen-bond donors (Lipinski definition) is 1. The van der Waals surface area contributed by atoms with E-state index in [1.807, 2.05) is 36.4 Å². The van der Waals surface area contributed by atoms with E-state index in [-0.39, 0.29) is 0 Å². The van der Waals surface area contributed by atoms with E-state index >= 15 is 0 Å². The Morgan fingerprint density at radius 1 is 0.729 bits per heavy atom. The van der Waals surface area contributed by atoms with E-state index in [2.05, 4.69) is 115 Å². The van der Waals surface area contributed by atoms with Crippen molar-refractivity contribution in [3.05, 3.63) is 168 Å². The largest absolute Gasteiger partial charge is 0.456 e. The van der Waals surface area contributed by atoms with Crippen molar-refractivity contribution >= 4 is 73.5 Å². The van der Waals surface area contributed by atoms with Crippen LogP contribution in [0.4, 0.5) is 0 Å². The molecule has 2 aromatic heterocycles. The first-order chi connectivity index (χ1) is 23.7. The number of hydrogen-bond acceptors (Lipinski definition) is 4. The predicted molar refractivity (Wildman–Crippen MR) is 203 cm³/mol. The van der Waals surface area contributed by atoms with Gasteiger partial charge in [-0.1, -0.05) is 97.1 Å². The fraction of sp³-hybridized carbons (Fsp3) is 0.0682. The Kier molecular flexibility index (Phi) is 7.67. The van der Waals surface area contributed by atoms with Gasteiger partial charge in [-0.05, 0) is 102 Å². The zero-order valence-corrected chi connectivity index (χ0v) is 26.5. The van der Waals surface area contributed by atoms with E-state index in [0.29, 0.717) is 6.42 Å². The second-order valence-corrected chi connectivity index (χ2v) is 12.0. The first-order valence-electron chi connectivity index (χ1n) is 16.3. The molecule has 5 aromatic carbocycles. The van der Waals surface area contributed by atoms with Gasteiger partial charge < -0.3 is 14.6 Å². The number of nitrogens with zero attached hydrogens (tertiary/aromatic N) is 1. The molecule has 0 amide bonds. The highest BCUT2D eigenvalue weighted by Crippen LogP contribution is 2.35. The standard InChI is InChI=1S/C44H34N2O2/c1-46-40(35-17-10-13-29-11-2-4-14-34(29)35)18-7-3-12-30(31-21-23-38-36-15-5-8-19-41(36)47-43(38)26-31)25-33(28-45)32-22-24-39-37-16-6-9-20-42(37)48-44(39)27-32/h3-6,8-10,12-28H,1-2,7,11,45H2/b12-3+,30-25+,33-28+,40-18-. The summed E-state index contributed by atoms with van der Waals surface area (Å²) in [7, 11) is 0. The first kappa shape index (κ1) is 29.3. The lowest BCUT2D eigenvalue weighted by molar-refractivity contribution is 0.668. The second kappa shape index (κ2) is 12.6. The van der Waals surface area contributed by atoms with Crippen molar-refractivity contribution in [1.29, 1.82) is 0 Å². The Balaban J connectivity index is 1.18. The zero-order chi connectivity index (χ0) is 32.5. The summed E-state index contributed by atoms with van der Waals surface area (Å²) in [5, 5.41) is 4.38. The molecule has 2 N–H and O–H groups in total. The van der Waals surface area contributed by atoms with Gasteiger partial charge in [0.15, 0.2) is 0 Å². The van der Waals surface area contributed by atoms with Gasteiger partial charge in [-0.2, -0.15) is 0 Å². The van der Waals surface area contributed by atoms with Gasteiger partial charge >= 0.3 is 0 Å². The van der Waals surface area contributed by atoms with Gasteiger partial charge in [0.25, 0.3) is 0 Å². The summed E-state index contributed by atoms with van der Waals surface area (Å²) in [6.07, 6.45) is 17.5. The fourth-order valence-electron chi connectivity index (χ4n) is 6.76. The fourth-order valence-corrected chi connectivity index (χ4v) is 6.76. The summed E-state index contributed by atoms with van der Waals surface area (Å²) in [6, 6.07) is 35.3. The van der Waals surface area contributed by atoms with Crippen LogP contribution < -0.4 is 5.73 Å². The maximum absolute atomic E-state index is 6.31. The van der Waals surface area contributed by atoms with E-state index in [1.54, 1.807) is 6.20 Å². The van der Waals surface area contributed by atoms with Crippen molar-refractivity contribution in [2.75, 3.05) is 0 Å². The van der Waals surface area contributed by atoms with Crippen molar-refractivity contribution in [2.45, 2.75) is 19.3 Å². The van der Waals surface area contributed by atoms with Crippen molar-refractivity contribution in [3.63, 3.8) is 0 Å². The smallest absolute Gasteiger partial charge is 0.136 e. The number of aryl methyl sites for hydroxylation is 1. The van der Waals surface area contributed by atoms with Crippen LogP contribution >= 0.6 is 0 Å². The monoisotopic (exact) mass is 622 g/mol. The third-order valence-electron chi connectivity index (χ3n) is 9.17. The number of allylic oxidation sites excluding steroid dienone is 7. The van der Waals surface area contributed by atoms with Gasteiger partial charge in [0.05, 0.1) is 5.70 Å². The van der Waals surface area contributed by atoms with Gasteiger partial charge in [0.1, 0.15) is 22.3 Å². The number of rotatable bonds is 8. The second-order valence-electron chi connectivity index (χ2n) is 12.0. The molecule has 0 saturated carbocycles. The van der Waals surface area contributed by atoms with E-state index in [4.69, 9.17) is 14.6 Å². The number of aliphatic imine (C=N–C) groups is 1. The average Bonchev–Trinajstić information content (AvgIpc) is 3.70. The van der Waals surface area contributed by atoms with Crippen LogP contribution in [0.25, 0.3) is 66.8 Å². The summed E-state index contributed by atoms with van der Waals surface area (Å²) in [5.74, 6) is 0. The molecule has 0 radical (unpaired) electrons. The molecule has 1 aliphatic rings. The van der Waals surface area contributed by atoms with Gasteiger partial charge in [-0.3, -0.25) is 4.99 Å². The zero-order valence-electron chi connectivity index (χ0n) is 26.5. The number of para-hydroxylation sites is 2. The lowest BCUT2D eigenvalue weighted by atomic mass is 9.91. The molecular weight excluding hydrogens is 588 g/mol. The highest BCUT2D eigenvalue weighted by atomic mass is 16.3. The van der Waals surface area contributed by atoms with Crippen LogP contribution in [0.15, 0.2) is 154 Å². The predicted octanol–water partition coefficient (Wildman–Crippen LogP) is 11.5. The number of benzene rings is 5. The molecule has 7 aromatic rings. The highest BCUT2D eigenvalue weighted by molar-refractivity contribution is 6.07. The molecule has 0 spiro atoms. The molecule has 232 valence electrons. The molecule has 0 saturated heterocycles. The van der Waals surface area contributed by atoms with Gasteiger partial charge in [-0.25, -0.2) is 0 Å². The lowest BCUT2D eigenvalue weighted by Gasteiger charge is -2.15. The van der Waals surface area contributed by atoms with Crippen LogP contribution in [-0.2, 0) is 6.42 Å². The van der Waals surface area contributed by atoms with Gasteiger partial charge in [0, 0.05) is 33.3 Å². The molecular formula is C44H34N2O2. The van der Waals surface area contributed by atoms with E-state index in [1.165, 1.54) is 11.1 Å². The van der Waals surface area contributed by atoms with Crippen LogP contribution in [0, 0.1) is 0 Å². The quantitative estimate of drug-likeness (QED) is 0.135. The van der Waals surface area contributed by atoms with Crippen LogP contribution in [0.3, 0.4) is 0 Å². The van der Waals surface area contributed by atoms with E-state index < -0.39 is 0 Å². The highest BCUT2D eigenvalue weighted by Gasteiger charge is 2.13. The lowest BCUT2D eigenvalue weighted by Crippen LogP contribution is -1.98. The summed E-state index contributed by atoms with van der Waals surface area (Å²) >= 11 is 0. The van der Waals surface area contributed by atoms with Crippen molar-refractivity contribution < 1.29 is 8.83 Å². The van der Waals surface area contributed by atoms with Gasteiger partial charge in [0.2, 0.25) is 0 Å². The Hall–Kier alpha value is -6.13. The van der Waals surface area contributed by atoms with E-state index in [9.17, 15) is 0 Å². The van der Waals surface area contributed by atoms with Crippen LogP contribution in [0.2, 0.25) is 0 Å². The summed E-state index contributed by atoms with van der Waals surface area (Å²) in [5.41, 5.74) is 18.2. The van der Waals surface area contributed by atoms with Crippen LogP contribution in [-0.4, -0.2) is 6.72 Å². The topological polar surface area (TPSA) is 64.7 Å². The summed E-state index contributed by atoms with van der Waals surface area (Å²) < 4.78 is 12.5. The molecule has 8 rings (SSSR count). The summed E-state index contributed by atoms with van der Waals surface area (Å²) in [4.78, 5) is 4.42. The first-order valence-corrected chi connectivity index (χ1v) is 16.3. The van der Waals surface area contributed by atoms with Crippen LogP contribution in [0.5, 0.6) is 0 Å². The minimum atomic E-state index is 0.679. The Morgan fingerprint density at radius 3 is 2.04 bits per heavy atom. The Morgan fingerprint density at radius 2 is 1.38 bits per heavy atom. The molecule has 0 aliphatic heterocycles. The molecule has 0 bridgehead atoms. The molecule has 2 heterocycles. The number of furan rings is 2. The molecule has 4 nitrogen and oxygen atoms in total. The Labute approximate surface area is 279 Å². The maximum Gasteiger partial charge on any atom is 0.136 e. The molecule has 1 aliphatic carbocycles. The Bertz CT molecular complexity index is 2510. The number of fused-ring (bicyclic) bond motifs is 7. The molecule has 0 fully saturated rings. The maximum atomic E-state index is 6.31. The van der Waals surface area contributed by atoms with Crippen molar-refractivity contribution in [3.8, 4) is 0 Å². The van der Waals surface area contributed by atoms with Crippen molar-refractivity contribution in [1.82, 2.24) is 0 Å². The molecule has 4 heteroatoms. The SMILES string of the molecule is C=N/C(=C\C/C=C/C(=C\C(=C/N)c1ccc2c(c1)oc1ccccc12)c1ccc2c(c1)oc1ccccc12)c1cccc2c1C=CCC2.